The Bertz CT molecular complexity index is 823. The number of nitrogens with zero attached hydrogens (tertiary/aromatic N) is 1. The molecule has 0 radical (unpaired) electrons. The molecule has 5 nitrogen and oxygen atoms in total. The van der Waals surface area contributed by atoms with E-state index < -0.39 is 10.0 Å². The van der Waals surface area contributed by atoms with Gasteiger partial charge in [-0.3, -0.25) is 0 Å². The van der Waals surface area contributed by atoms with Gasteiger partial charge in [-0.05, 0) is 54.3 Å². The molecule has 1 N–H and O–H groups in total. The fraction of sp³-hybridized carbons (Fsp3) is 0.368. The zero-order valence-corrected chi connectivity index (χ0v) is 15.5. The van der Waals surface area contributed by atoms with Crippen LogP contribution in [0.25, 0.3) is 0 Å². The molecule has 0 saturated carbocycles. The third-order valence-corrected chi connectivity index (χ3v) is 5.91. The van der Waals surface area contributed by atoms with Gasteiger partial charge in [0.25, 0.3) is 0 Å². The highest BCUT2D eigenvalue weighted by atomic mass is 32.2. The quantitative estimate of drug-likeness (QED) is 0.805. The first-order valence-electron chi connectivity index (χ1n) is 8.56. The third-order valence-electron chi connectivity index (χ3n) is 4.59. The Morgan fingerprint density at radius 2 is 1.85 bits per heavy atom. The second kappa shape index (κ2) is 8.05. The Balaban J connectivity index is 1.51. The van der Waals surface area contributed by atoms with Gasteiger partial charge in [0.15, 0.2) is 0 Å². The van der Waals surface area contributed by atoms with Gasteiger partial charge in [0.1, 0.15) is 11.6 Å². The Morgan fingerprint density at radius 1 is 1.15 bits per heavy atom. The summed E-state index contributed by atoms with van der Waals surface area (Å²) in [6.45, 7) is 2.12. The van der Waals surface area contributed by atoms with Crippen LogP contribution in [-0.2, 0) is 15.8 Å². The van der Waals surface area contributed by atoms with Crippen molar-refractivity contribution in [1.29, 1.82) is 0 Å². The number of hydrogen-bond donors (Lipinski definition) is 1. The number of nitrogens with one attached hydrogen (secondary N) is 1. The molecule has 0 amide bonds. The van der Waals surface area contributed by atoms with E-state index in [9.17, 15) is 12.8 Å². The van der Waals surface area contributed by atoms with E-state index in [1.54, 1.807) is 7.11 Å². The van der Waals surface area contributed by atoms with E-state index in [0.29, 0.717) is 12.1 Å². The number of methoxy groups -OCH3 is 1. The first-order valence-corrected chi connectivity index (χ1v) is 10.2. The van der Waals surface area contributed by atoms with Crippen LogP contribution < -0.4 is 14.4 Å². The highest BCUT2D eigenvalue weighted by Crippen LogP contribution is 2.25. The lowest BCUT2D eigenvalue weighted by Gasteiger charge is -2.19. The van der Waals surface area contributed by atoms with Gasteiger partial charge in [-0.1, -0.05) is 12.1 Å². The molecule has 7 heteroatoms. The van der Waals surface area contributed by atoms with Crippen molar-refractivity contribution in [3.8, 4) is 5.75 Å². The number of benzene rings is 2. The Hall–Kier alpha value is -2.12. The Labute approximate surface area is 153 Å². The molecule has 2 aromatic carbocycles. The smallest absolute Gasteiger partial charge is 0.215 e. The van der Waals surface area contributed by atoms with E-state index in [1.165, 1.54) is 24.3 Å². The lowest BCUT2D eigenvalue weighted by molar-refractivity contribution is 0.415. The molecule has 3 rings (SSSR count). The lowest BCUT2D eigenvalue weighted by Crippen LogP contribution is -2.31. The van der Waals surface area contributed by atoms with E-state index in [-0.39, 0.29) is 17.5 Å². The predicted molar refractivity (Wildman–Crippen MR) is 100 cm³/mol. The van der Waals surface area contributed by atoms with E-state index >= 15 is 0 Å². The SMILES string of the molecule is COc1ccc(N2CCC(CNS(=O)(=O)Cc3ccc(F)cc3)C2)cc1. The van der Waals surface area contributed by atoms with Gasteiger partial charge >= 0.3 is 0 Å². The Kier molecular flexibility index (Phi) is 5.78. The summed E-state index contributed by atoms with van der Waals surface area (Å²) in [6.07, 6.45) is 0.936. The van der Waals surface area contributed by atoms with Crippen LogP contribution in [0.3, 0.4) is 0 Å². The molecule has 0 aromatic heterocycles. The summed E-state index contributed by atoms with van der Waals surface area (Å²) in [5, 5.41) is 0. The number of anilines is 1. The molecule has 26 heavy (non-hydrogen) atoms. The van der Waals surface area contributed by atoms with E-state index in [2.05, 4.69) is 9.62 Å². The average molecular weight is 378 g/mol. The molecular weight excluding hydrogens is 355 g/mol. The molecule has 2 aromatic rings. The van der Waals surface area contributed by atoms with Crippen LogP contribution in [-0.4, -0.2) is 35.2 Å². The number of sulfonamides is 1. The number of halogens is 1. The average Bonchev–Trinajstić information content (AvgIpc) is 3.11. The first-order chi connectivity index (χ1) is 12.4. The third kappa shape index (κ3) is 4.95. The fourth-order valence-electron chi connectivity index (χ4n) is 3.12. The number of ether oxygens (including phenoxy) is 1. The van der Waals surface area contributed by atoms with Crippen molar-refractivity contribution in [3.05, 3.63) is 59.9 Å². The number of rotatable bonds is 7. The fourth-order valence-corrected chi connectivity index (χ4v) is 4.35. The summed E-state index contributed by atoms with van der Waals surface area (Å²) in [7, 11) is -1.80. The zero-order chi connectivity index (χ0) is 18.6. The van der Waals surface area contributed by atoms with Gasteiger partial charge in [0, 0.05) is 25.3 Å². The molecule has 0 bridgehead atoms. The summed E-state index contributed by atoms with van der Waals surface area (Å²) in [5.41, 5.74) is 1.69. The molecule has 0 aliphatic carbocycles. The maximum Gasteiger partial charge on any atom is 0.215 e. The lowest BCUT2D eigenvalue weighted by atomic mass is 10.1. The van der Waals surface area contributed by atoms with Crippen LogP contribution >= 0.6 is 0 Å². The number of hydrogen-bond acceptors (Lipinski definition) is 4. The Morgan fingerprint density at radius 3 is 2.50 bits per heavy atom. The highest BCUT2D eigenvalue weighted by Gasteiger charge is 2.24. The minimum absolute atomic E-state index is 0.137. The molecule has 1 aliphatic heterocycles. The van der Waals surface area contributed by atoms with E-state index in [4.69, 9.17) is 4.74 Å². The largest absolute Gasteiger partial charge is 0.497 e. The standard InChI is InChI=1S/C19H23FN2O3S/c1-25-19-8-6-18(7-9-19)22-11-10-16(13-22)12-21-26(23,24)14-15-2-4-17(20)5-3-15/h2-9,16,21H,10-14H2,1H3. The van der Waals surface area contributed by atoms with Crippen LogP contribution in [0.2, 0.25) is 0 Å². The maximum atomic E-state index is 12.9. The van der Waals surface area contributed by atoms with Crippen LogP contribution in [0.1, 0.15) is 12.0 Å². The summed E-state index contributed by atoms with van der Waals surface area (Å²) in [6, 6.07) is 13.4. The van der Waals surface area contributed by atoms with Crippen molar-refractivity contribution in [3.63, 3.8) is 0 Å². The van der Waals surface area contributed by atoms with Gasteiger partial charge < -0.3 is 9.64 Å². The van der Waals surface area contributed by atoms with E-state index in [1.807, 2.05) is 24.3 Å². The topological polar surface area (TPSA) is 58.6 Å². The molecular formula is C19H23FN2O3S. The highest BCUT2D eigenvalue weighted by molar-refractivity contribution is 7.88. The molecule has 1 heterocycles. The minimum atomic E-state index is -3.43. The zero-order valence-electron chi connectivity index (χ0n) is 14.7. The molecule has 140 valence electrons. The van der Waals surface area contributed by atoms with Crippen molar-refractivity contribution < 1.29 is 17.5 Å². The first kappa shape index (κ1) is 18.7. The normalized spacial score (nSPS) is 17.5. The monoisotopic (exact) mass is 378 g/mol. The van der Waals surface area contributed by atoms with Gasteiger partial charge in [-0.15, -0.1) is 0 Å². The van der Waals surface area contributed by atoms with Crippen molar-refractivity contribution in [1.82, 2.24) is 4.72 Å². The van der Waals surface area contributed by atoms with Crippen LogP contribution in [0, 0.1) is 11.7 Å². The van der Waals surface area contributed by atoms with Crippen molar-refractivity contribution in [2.45, 2.75) is 12.2 Å². The van der Waals surface area contributed by atoms with E-state index in [0.717, 1.165) is 30.9 Å². The maximum absolute atomic E-state index is 12.9. The van der Waals surface area contributed by atoms with Crippen LogP contribution in [0.4, 0.5) is 10.1 Å². The van der Waals surface area contributed by atoms with Gasteiger partial charge in [0.05, 0.1) is 12.9 Å². The molecule has 1 aliphatic rings. The second-order valence-corrected chi connectivity index (χ2v) is 8.34. The molecule has 1 saturated heterocycles. The van der Waals surface area contributed by atoms with Crippen molar-refractivity contribution in [2.24, 2.45) is 5.92 Å². The molecule has 0 spiro atoms. The summed E-state index contributed by atoms with van der Waals surface area (Å²) >= 11 is 0. The van der Waals surface area contributed by atoms with Crippen LogP contribution in [0.15, 0.2) is 48.5 Å². The van der Waals surface area contributed by atoms with Crippen molar-refractivity contribution >= 4 is 15.7 Å². The second-order valence-electron chi connectivity index (χ2n) is 6.53. The summed E-state index contributed by atoms with van der Waals surface area (Å²) < 4.78 is 45.2. The summed E-state index contributed by atoms with van der Waals surface area (Å²) in [5.74, 6) is 0.573. The van der Waals surface area contributed by atoms with Gasteiger partial charge in [-0.25, -0.2) is 17.5 Å². The molecule has 1 unspecified atom stereocenters. The minimum Gasteiger partial charge on any atom is -0.497 e. The van der Waals surface area contributed by atoms with Crippen LogP contribution in [0.5, 0.6) is 5.75 Å². The van der Waals surface area contributed by atoms with Crippen molar-refractivity contribution in [2.75, 3.05) is 31.6 Å². The van der Waals surface area contributed by atoms with Gasteiger partial charge in [-0.2, -0.15) is 0 Å². The molecule has 1 atom stereocenters. The molecule has 1 fully saturated rings. The summed E-state index contributed by atoms with van der Waals surface area (Å²) in [4.78, 5) is 2.25. The predicted octanol–water partition coefficient (Wildman–Crippen LogP) is 2.78. The van der Waals surface area contributed by atoms with Gasteiger partial charge in [0.2, 0.25) is 10.0 Å².